The smallest absolute Gasteiger partial charge is 0.250 e. The normalized spacial score (nSPS) is 18.2. The molecule has 5 aromatic heterocycles. The summed E-state index contributed by atoms with van der Waals surface area (Å²) in [5, 5.41) is 22.2. The van der Waals surface area contributed by atoms with Crippen LogP contribution >= 0.6 is 11.3 Å². The van der Waals surface area contributed by atoms with Gasteiger partial charge < -0.3 is 14.5 Å². The Hall–Kier alpha value is -4.05. The van der Waals surface area contributed by atoms with E-state index in [0.29, 0.717) is 41.5 Å². The molecule has 0 spiro atoms. The highest BCUT2D eigenvalue weighted by Crippen LogP contribution is 2.50. The molecule has 1 N–H and O–H groups in total. The van der Waals surface area contributed by atoms with E-state index in [1.54, 1.807) is 36.7 Å². The predicted molar refractivity (Wildman–Crippen MR) is 178 cm³/mol. The van der Waals surface area contributed by atoms with E-state index in [1.807, 2.05) is 12.1 Å². The van der Waals surface area contributed by atoms with E-state index >= 15 is 0 Å². The Labute approximate surface area is 274 Å². The molecule has 1 saturated heterocycles. The first-order valence-electron chi connectivity index (χ1n) is 15.7. The first kappa shape index (κ1) is 30.6. The number of fused-ring (bicyclic) bond motifs is 2. The van der Waals surface area contributed by atoms with Gasteiger partial charge in [0.15, 0.2) is 0 Å². The highest BCUT2D eigenvalue weighted by atomic mass is 32.2. The molecule has 7 heterocycles. The second kappa shape index (κ2) is 13.0. The second-order valence-corrected chi connectivity index (χ2v) is 14.8. The number of anilines is 1. The minimum atomic E-state index is -1.24. The number of nitrogens with zero attached hydrogens (tertiary/aromatic N) is 6. The molecule has 0 saturated carbocycles. The molecular formula is C34H35N7O3S2. The lowest BCUT2D eigenvalue weighted by atomic mass is 9.89. The number of thiophene rings is 1. The van der Waals surface area contributed by atoms with Crippen LogP contribution in [0.5, 0.6) is 0 Å². The Kier molecular flexibility index (Phi) is 8.64. The maximum Gasteiger partial charge on any atom is 0.250 e. The molecule has 236 valence electrons. The van der Waals surface area contributed by atoms with Gasteiger partial charge in [-0.05, 0) is 67.2 Å². The number of rotatable bonds is 9. The molecular weight excluding hydrogens is 619 g/mol. The molecule has 0 bridgehead atoms. The van der Waals surface area contributed by atoms with E-state index < -0.39 is 10.8 Å². The molecule has 10 nitrogen and oxygen atoms in total. The highest BCUT2D eigenvalue weighted by Gasteiger charge is 2.38. The van der Waals surface area contributed by atoms with Crippen molar-refractivity contribution in [3.05, 3.63) is 65.2 Å². The van der Waals surface area contributed by atoms with Gasteiger partial charge in [0.05, 0.1) is 55.1 Å². The zero-order valence-corrected chi connectivity index (χ0v) is 27.7. The van der Waals surface area contributed by atoms with E-state index in [-0.39, 0.29) is 5.92 Å². The van der Waals surface area contributed by atoms with Crippen molar-refractivity contribution in [2.45, 2.75) is 63.8 Å². The van der Waals surface area contributed by atoms with Gasteiger partial charge >= 0.3 is 0 Å². The number of ether oxygens (including phenoxy) is 1. The van der Waals surface area contributed by atoms with Crippen molar-refractivity contribution in [3.63, 3.8) is 0 Å². The van der Waals surface area contributed by atoms with Gasteiger partial charge in [-0.2, -0.15) is 5.26 Å². The SMILES string of the molecule is Cc1nnc(-c2c(CCC3CCOCC3)nc3c(c2-c2cc4ccnc(NCc5ccc(C#N)cn5)c4s2)S(=O)CC3C(C)C)o1. The van der Waals surface area contributed by atoms with Gasteiger partial charge in [0.2, 0.25) is 11.8 Å². The molecule has 0 amide bonds. The summed E-state index contributed by atoms with van der Waals surface area (Å²) >= 11 is 1.61. The molecule has 2 unspecified atom stereocenters. The number of aryl methyl sites for hydroxylation is 2. The largest absolute Gasteiger partial charge is 0.421 e. The standard InChI is InChI=1S/C34H35N7O3S2/c1-19(2)25-18-46(42)32-29(27-14-23-8-11-36-33(31(23)45-27)38-17-24-6-4-22(15-35)16-37-24)28(34-41-40-20(3)44-34)26(39-30(25)32)7-5-21-9-12-43-13-10-21/h4,6,8,11,14,16,19,21,25H,5,7,9-10,12-13,17-18H2,1-3H3,(H,36,38). The molecule has 0 aliphatic carbocycles. The van der Waals surface area contributed by atoms with Crippen molar-refractivity contribution in [3.8, 4) is 28.0 Å². The van der Waals surface area contributed by atoms with Crippen LogP contribution in [0, 0.1) is 30.1 Å². The van der Waals surface area contributed by atoms with Gasteiger partial charge in [-0.15, -0.1) is 21.5 Å². The fourth-order valence-electron chi connectivity index (χ4n) is 6.36. The van der Waals surface area contributed by atoms with Gasteiger partial charge in [0.1, 0.15) is 11.9 Å². The fourth-order valence-corrected chi connectivity index (χ4v) is 9.50. The van der Waals surface area contributed by atoms with Crippen molar-refractivity contribution >= 4 is 38.0 Å². The average molecular weight is 654 g/mol. The van der Waals surface area contributed by atoms with Crippen LogP contribution in [0.15, 0.2) is 46.0 Å². The van der Waals surface area contributed by atoms with Gasteiger partial charge in [0.25, 0.3) is 0 Å². The van der Waals surface area contributed by atoms with Crippen LogP contribution in [0.25, 0.3) is 32.0 Å². The summed E-state index contributed by atoms with van der Waals surface area (Å²) in [7, 11) is -1.24. The minimum absolute atomic E-state index is 0.100. The fraction of sp³-hybridized carbons (Fsp3) is 0.412. The summed E-state index contributed by atoms with van der Waals surface area (Å²) in [5.41, 5.74) is 4.87. The average Bonchev–Trinajstić information content (AvgIpc) is 3.79. The Morgan fingerprint density at radius 1 is 1.15 bits per heavy atom. The summed E-state index contributed by atoms with van der Waals surface area (Å²) < 4.78 is 26.7. The molecule has 7 rings (SSSR count). The predicted octanol–water partition coefficient (Wildman–Crippen LogP) is 6.82. The third-order valence-electron chi connectivity index (χ3n) is 8.91. The third-order valence-corrected chi connectivity index (χ3v) is 11.6. The highest BCUT2D eigenvalue weighted by molar-refractivity contribution is 7.85. The van der Waals surface area contributed by atoms with Crippen LogP contribution in [0.3, 0.4) is 0 Å². The van der Waals surface area contributed by atoms with Crippen LogP contribution in [-0.2, 0) is 28.5 Å². The van der Waals surface area contributed by atoms with Crippen LogP contribution < -0.4 is 5.32 Å². The second-order valence-electron chi connectivity index (χ2n) is 12.3. The van der Waals surface area contributed by atoms with Gasteiger partial charge in [0, 0.05) is 54.6 Å². The lowest BCUT2D eigenvalue weighted by molar-refractivity contribution is 0.0639. The molecule has 46 heavy (non-hydrogen) atoms. The zero-order chi connectivity index (χ0) is 31.8. The first-order valence-corrected chi connectivity index (χ1v) is 17.8. The van der Waals surface area contributed by atoms with Crippen LogP contribution in [-0.4, -0.2) is 48.3 Å². The summed E-state index contributed by atoms with van der Waals surface area (Å²) in [5.74, 6) is 3.13. The minimum Gasteiger partial charge on any atom is -0.421 e. The Morgan fingerprint density at radius 2 is 2.00 bits per heavy atom. The topological polar surface area (TPSA) is 140 Å². The maximum atomic E-state index is 14.0. The van der Waals surface area contributed by atoms with Crippen LogP contribution in [0.2, 0.25) is 0 Å². The van der Waals surface area contributed by atoms with Crippen molar-refractivity contribution in [1.82, 2.24) is 25.1 Å². The van der Waals surface area contributed by atoms with E-state index in [1.165, 1.54) is 0 Å². The number of pyridine rings is 3. The van der Waals surface area contributed by atoms with Crippen molar-refractivity contribution < 1.29 is 13.4 Å². The third kappa shape index (κ3) is 5.95. The van der Waals surface area contributed by atoms with Crippen LogP contribution in [0.4, 0.5) is 5.82 Å². The zero-order valence-electron chi connectivity index (χ0n) is 26.1. The lowest BCUT2D eigenvalue weighted by Crippen LogP contribution is -2.17. The lowest BCUT2D eigenvalue weighted by Gasteiger charge is -2.23. The van der Waals surface area contributed by atoms with E-state index in [4.69, 9.17) is 19.4 Å². The molecule has 12 heteroatoms. The van der Waals surface area contributed by atoms with Crippen molar-refractivity contribution in [1.29, 1.82) is 5.26 Å². The number of hydrogen-bond donors (Lipinski definition) is 1. The van der Waals surface area contributed by atoms with Gasteiger partial charge in [-0.3, -0.25) is 14.2 Å². The Balaban J connectivity index is 1.36. The van der Waals surface area contributed by atoms with E-state index in [0.717, 1.165) is 92.8 Å². The number of nitriles is 1. The molecule has 2 aliphatic heterocycles. The Morgan fingerprint density at radius 3 is 2.72 bits per heavy atom. The molecule has 5 aromatic rings. The molecule has 2 aliphatic rings. The monoisotopic (exact) mass is 653 g/mol. The summed E-state index contributed by atoms with van der Waals surface area (Å²) in [6, 6.07) is 9.85. The molecule has 0 radical (unpaired) electrons. The van der Waals surface area contributed by atoms with E-state index in [9.17, 15) is 4.21 Å². The van der Waals surface area contributed by atoms with Gasteiger partial charge in [-0.25, -0.2) is 4.98 Å². The molecule has 2 atom stereocenters. The maximum absolute atomic E-state index is 14.0. The van der Waals surface area contributed by atoms with Crippen molar-refractivity contribution in [2.24, 2.45) is 11.8 Å². The number of aromatic nitrogens is 5. The molecule has 0 aromatic carbocycles. The van der Waals surface area contributed by atoms with Crippen molar-refractivity contribution in [2.75, 3.05) is 24.3 Å². The Bertz CT molecular complexity index is 1960. The molecule has 1 fully saturated rings. The number of hydrogen-bond acceptors (Lipinski definition) is 11. The quantitative estimate of drug-likeness (QED) is 0.180. The summed E-state index contributed by atoms with van der Waals surface area (Å²) in [4.78, 5) is 16.1. The number of nitrogens with one attached hydrogen (secondary N) is 1. The van der Waals surface area contributed by atoms with Crippen LogP contribution in [0.1, 0.15) is 67.6 Å². The van der Waals surface area contributed by atoms with Gasteiger partial charge in [-0.1, -0.05) is 13.8 Å². The first-order chi connectivity index (χ1) is 22.4. The summed E-state index contributed by atoms with van der Waals surface area (Å²) in [6.07, 6.45) is 7.20. The van der Waals surface area contributed by atoms with E-state index in [2.05, 4.69) is 51.5 Å². The summed E-state index contributed by atoms with van der Waals surface area (Å²) in [6.45, 7) is 8.20.